The van der Waals surface area contributed by atoms with Crippen LogP contribution in [0, 0.1) is 11.8 Å². The number of piperazine rings is 1. The van der Waals surface area contributed by atoms with Crippen molar-refractivity contribution < 1.29 is 0 Å². The van der Waals surface area contributed by atoms with Gasteiger partial charge in [0.05, 0.1) is 0 Å². The van der Waals surface area contributed by atoms with Crippen LogP contribution in [-0.2, 0) is 0 Å². The van der Waals surface area contributed by atoms with Crippen molar-refractivity contribution in [2.45, 2.75) is 40.2 Å². The molecule has 0 aromatic heterocycles. The average Bonchev–Trinajstić information content (AvgIpc) is 2.54. The van der Waals surface area contributed by atoms with Gasteiger partial charge in [-0.2, -0.15) is 0 Å². The molecule has 2 saturated heterocycles. The van der Waals surface area contributed by atoms with E-state index in [1.807, 2.05) is 7.05 Å². The van der Waals surface area contributed by atoms with Crippen molar-refractivity contribution in [1.82, 2.24) is 20.0 Å². The zero-order valence-electron chi connectivity index (χ0n) is 15.9. The molecule has 0 spiro atoms. The third kappa shape index (κ3) is 5.35. The van der Waals surface area contributed by atoms with Gasteiger partial charge in [0.2, 0.25) is 0 Å². The molecule has 2 fully saturated rings. The Bertz CT molecular complexity index is 366. The molecule has 3 unspecified atom stereocenters. The SMILES string of the molecule is CCN1CCN(C(C)CNC(=NC)N2CC(C)CC(C)C2)CC1. The molecule has 0 aliphatic carbocycles. The number of likely N-dealkylation sites (N-methyl/N-ethyl adjacent to an activating group) is 1. The molecule has 3 atom stereocenters. The Morgan fingerprint density at radius 2 is 1.74 bits per heavy atom. The Kier molecular flexibility index (Phi) is 7.15. The summed E-state index contributed by atoms with van der Waals surface area (Å²) in [5.74, 6) is 2.61. The predicted octanol–water partition coefficient (Wildman–Crippen LogP) is 1.57. The van der Waals surface area contributed by atoms with Gasteiger partial charge in [0.15, 0.2) is 5.96 Å². The molecule has 0 aromatic carbocycles. The second-order valence-corrected chi connectivity index (χ2v) is 7.60. The summed E-state index contributed by atoms with van der Waals surface area (Å²) >= 11 is 0. The number of rotatable bonds is 4. The summed E-state index contributed by atoms with van der Waals surface area (Å²) in [5, 5.41) is 3.62. The topological polar surface area (TPSA) is 34.1 Å². The predicted molar refractivity (Wildman–Crippen MR) is 99.0 cm³/mol. The lowest BCUT2D eigenvalue weighted by molar-refractivity contribution is 0.106. The number of piperidine rings is 1. The lowest BCUT2D eigenvalue weighted by atomic mass is 9.92. The quantitative estimate of drug-likeness (QED) is 0.629. The van der Waals surface area contributed by atoms with Crippen LogP contribution in [0.3, 0.4) is 0 Å². The lowest BCUT2D eigenvalue weighted by Crippen LogP contribution is -2.54. The molecule has 2 aliphatic heterocycles. The van der Waals surface area contributed by atoms with Crippen LogP contribution in [-0.4, -0.2) is 86.1 Å². The van der Waals surface area contributed by atoms with Gasteiger partial charge in [-0.15, -0.1) is 0 Å². The Hall–Kier alpha value is -0.810. The van der Waals surface area contributed by atoms with Gasteiger partial charge in [-0.25, -0.2) is 0 Å². The van der Waals surface area contributed by atoms with Crippen molar-refractivity contribution in [3.05, 3.63) is 0 Å². The summed E-state index contributed by atoms with van der Waals surface area (Å²) in [7, 11) is 1.91. The summed E-state index contributed by atoms with van der Waals surface area (Å²) in [6.45, 7) is 18.5. The van der Waals surface area contributed by atoms with Gasteiger partial charge in [-0.05, 0) is 31.7 Å². The first-order chi connectivity index (χ1) is 11.0. The molecule has 134 valence electrons. The highest BCUT2D eigenvalue weighted by Gasteiger charge is 2.25. The molecule has 0 amide bonds. The molecule has 2 heterocycles. The molecule has 5 nitrogen and oxygen atoms in total. The van der Waals surface area contributed by atoms with Crippen LogP contribution in [0.5, 0.6) is 0 Å². The Morgan fingerprint density at radius 1 is 1.13 bits per heavy atom. The first kappa shape index (κ1) is 18.5. The number of hydrogen-bond acceptors (Lipinski definition) is 3. The zero-order valence-corrected chi connectivity index (χ0v) is 15.9. The van der Waals surface area contributed by atoms with Crippen molar-refractivity contribution >= 4 is 5.96 Å². The number of nitrogens with one attached hydrogen (secondary N) is 1. The summed E-state index contributed by atoms with van der Waals surface area (Å²) in [6, 6.07) is 0.561. The van der Waals surface area contributed by atoms with Crippen molar-refractivity contribution in [3.8, 4) is 0 Å². The number of nitrogens with zero attached hydrogens (tertiary/aromatic N) is 4. The number of hydrogen-bond donors (Lipinski definition) is 1. The van der Waals surface area contributed by atoms with Gasteiger partial charge < -0.3 is 15.1 Å². The van der Waals surface area contributed by atoms with Crippen LogP contribution in [0.1, 0.15) is 34.1 Å². The van der Waals surface area contributed by atoms with Crippen molar-refractivity contribution in [3.63, 3.8) is 0 Å². The second-order valence-electron chi connectivity index (χ2n) is 7.60. The van der Waals surface area contributed by atoms with Crippen molar-refractivity contribution in [2.75, 3.05) is 59.4 Å². The molecule has 1 N–H and O–H groups in total. The van der Waals surface area contributed by atoms with Crippen molar-refractivity contribution in [2.24, 2.45) is 16.8 Å². The van der Waals surface area contributed by atoms with Gasteiger partial charge in [0.1, 0.15) is 0 Å². The molecule has 0 aromatic rings. The van der Waals surface area contributed by atoms with Gasteiger partial charge in [-0.1, -0.05) is 20.8 Å². The first-order valence-electron chi connectivity index (χ1n) is 9.45. The Morgan fingerprint density at radius 3 is 2.26 bits per heavy atom. The normalized spacial score (nSPS) is 29.6. The minimum atomic E-state index is 0.561. The molecule has 0 bridgehead atoms. The highest BCUT2D eigenvalue weighted by Crippen LogP contribution is 2.20. The highest BCUT2D eigenvalue weighted by atomic mass is 15.3. The smallest absolute Gasteiger partial charge is 0.193 e. The van der Waals surface area contributed by atoms with E-state index in [0.29, 0.717) is 6.04 Å². The van der Waals surface area contributed by atoms with Crippen LogP contribution in [0.25, 0.3) is 0 Å². The minimum absolute atomic E-state index is 0.561. The van der Waals surface area contributed by atoms with E-state index in [0.717, 1.165) is 37.4 Å². The minimum Gasteiger partial charge on any atom is -0.355 e. The summed E-state index contributed by atoms with van der Waals surface area (Å²) in [4.78, 5) is 12.1. The Balaban J connectivity index is 1.79. The lowest BCUT2D eigenvalue weighted by Gasteiger charge is -2.39. The third-order valence-electron chi connectivity index (χ3n) is 5.41. The van der Waals surface area contributed by atoms with Gasteiger partial charge in [0.25, 0.3) is 0 Å². The van der Waals surface area contributed by atoms with Crippen LogP contribution in [0.2, 0.25) is 0 Å². The summed E-state index contributed by atoms with van der Waals surface area (Å²) < 4.78 is 0. The van der Waals surface area contributed by atoms with Gasteiger partial charge in [-0.3, -0.25) is 9.89 Å². The molecular formula is C18H37N5. The van der Waals surface area contributed by atoms with E-state index in [2.05, 4.69) is 52.7 Å². The molecule has 2 aliphatic rings. The molecule has 0 radical (unpaired) electrons. The second kappa shape index (κ2) is 8.88. The van der Waals surface area contributed by atoms with E-state index in [-0.39, 0.29) is 0 Å². The highest BCUT2D eigenvalue weighted by molar-refractivity contribution is 5.80. The molecule has 0 saturated carbocycles. The average molecular weight is 324 g/mol. The van der Waals surface area contributed by atoms with Crippen molar-refractivity contribution in [1.29, 1.82) is 0 Å². The Labute approximate surface area is 143 Å². The van der Waals surface area contributed by atoms with Crippen LogP contribution in [0.15, 0.2) is 4.99 Å². The molecule has 23 heavy (non-hydrogen) atoms. The molecule has 2 rings (SSSR count). The third-order valence-corrected chi connectivity index (χ3v) is 5.41. The maximum absolute atomic E-state index is 4.53. The molecular weight excluding hydrogens is 286 g/mol. The maximum atomic E-state index is 4.53. The standard InChI is InChI=1S/C18H37N5/c1-6-21-7-9-22(10-8-21)17(4)12-20-18(19-5)23-13-15(2)11-16(3)14-23/h15-17H,6-14H2,1-5H3,(H,19,20). The first-order valence-corrected chi connectivity index (χ1v) is 9.45. The van der Waals surface area contributed by atoms with Gasteiger partial charge in [0, 0.05) is 58.9 Å². The van der Waals surface area contributed by atoms with E-state index < -0.39 is 0 Å². The van der Waals surface area contributed by atoms with Crippen LogP contribution >= 0.6 is 0 Å². The van der Waals surface area contributed by atoms with Gasteiger partial charge >= 0.3 is 0 Å². The van der Waals surface area contributed by atoms with Crippen LogP contribution in [0.4, 0.5) is 0 Å². The van der Waals surface area contributed by atoms with E-state index >= 15 is 0 Å². The summed E-state index contributed by atoms with van der Waals surface area (Å²) in [6.07, 6.45) is 1.34. The fourth-order valence-electron chi connectivity index (χ4n) is 4.06. The maximum Gasteiger partial charge on any atom is 0.193 e. The fraction of sp³-hybridized carbons (Fsp3) is 0.944. The number of guanidine groups is 1. The van der Waals surface area contributed by atoms with E-state index in [4.69, 9.17) is 0 Å². The molecule has 5 heteroatoms. The van der Waals surface area contributed by atoms with Crippen LogP contribution < -0.4 is 5.32 Å². The van der Waals surface area contributed by atoms with E-state index in [1.165, 1.54) is 39.1 Å². The zero-order chi connectivity index (χ0) is 16.8. The summed E-state index contributed by atoms with van der Waals surface area (Å²) in [5.41, 5.74) is 0. The number of likely N-dealkylation sites (tertiary alicyclic amines) is 1. The number of aliphatic imine (C=N–C) groups is 1. The monoisotopic (exact) mass is 323 g/mol. The van der Waals surface area contributed by atoms with E-state index in [9.17, 15) is 0 Å². The van der Waals surface area contributed by atoms with E-state index in [1.54, 1.807) is 0 Å². The fourth-order valence-corrected chi connectivity index (χ4v) is 4.06. The largest absolute Gasteiger partial charge is 0.355 e.